The molecule has 1 aliphatic rings. The van der Waals surface area contributed by atoms with E-state index in [0.29, 0.717) is 6.04 Å². The molecule has 0 amide bonds. The molecule has 1 N–H and O–H groups in total. The van der Waals surface area contributed by atoms with Crippen molar-refractivity contribution >= 4 is 0 Å². The number of hydrogen-bond donors (Lipinski definition) is 1. The normalized spacial score (nSPS) is 18.7. The van der Waals surface area contributed by atoms with Gasteiger partial charge < -0.3 is 5.32 Å². The molecule has 19 heavy (non-hydrogen) atoms. The van der Waals surface area contributed by atoms with Gasteiger partial charge in [0.2, 0.25) is 0 Å². The average Bonchev–Trinajstić information content (AvgIpc) is 2.79. The molecule has 0 spiro atoms. The van der Waals surface area contributed by atoms with Crippen molar-refractivity contribution in [2.75, 3.05) is 7.05 Å². The second-order valence-corrected chi connectivity index (χ2v) is 6.02. The lowest BCUT2D eigenvalue weighted by Crippen LogP contribution is -2.31. The van der Waals surface area contributed by atoms with Gasteiger partial charge in [0.15, 0.2) is 0 Å². The number of nitrogens with zero attached hydrogens (tertiary/aromatic N) is 2. The first-order valence-electron chi connectivity index (χ1n) is 7.93. The molecule has 1 atom stereocenters. The fourth-order valence-corrected chi connectivity index (χ4v) is 3.42. The number of likely N-dealkylation sites (N-methyl/N-ethyl adjacent to an activating group) is 1. The van der Waals surface area contributed by atoms with Gasteiger partial charge in [-0.25, -0.2) is 0 Å². The Morgan fingerprint density at radius 3 is 2.74 bits per heavy atom. The molecule has 1 heterocycles. The highest BCUT2D eigenvalue weighted by Crippen LogP contribution is 2.28. The van der Waals surface area contributed by atoms with E-state index in [1.807, 2.05) is 0 Å². The van der Waals surface area contributed by atoms with Gasteiger partial charge in [-0.1, -0.05) is 32.1 Å². The van der Waals surface area contributed by atoms with Crippen LogP contribution in [-0.4, -0.2) is 22.9 Å². The van der Waals surface area contributed by atoms with Crippen molar-refractivity contribution in [3.63, 3.8) is 0 Å². The predicted molar refractivity (Wildman–Crippen MR) is 80.4 cm³/mol. The molecule has 3 nitrogen and oxygen atoms in total. The third-order valence-corrected chi connectivity index (χ3v) is 4.49. The second kappa shape index (κ2) is 7.09. The third kappa shape index (κ3) is 4.07. The van der Waals surface area contributed by atoms with E-state index in [0.717, 1.165) is 24.6 Å². The van der Waals surface area contributed by atoms with Crippen LogP contribution < -0.4 is 5.32 Å². The van der Waals surface area contributed by atoms with Crippen molar-refractivity contribution in [1.29, 1.82) is 0 Å². The molecule has 0 aliphatic heterocycles. The van der Waals surface area contributed by atoms with Gasteiger partial charge in [0, 0.05) is 24.7 Å². The maximum atomic E-state index is 4.55. The lowest BCUT2D eigenvalue weighted by Gasteiger charge is -2.26. The molecule has 3 heteroatoms. The van der Waals surface area contributed by atoms with Gasteiger partial charge in [0.25, 0.3) is 0 Å². The fourth-order valence-electron chi connectivity index (χ4n) is 3.42. The standard InChI is InChI=1S/C16H29N3/c1-4-19-16(10-13(2)18-19)12-15(17-3)11-14-8-6-5-7-9-14/h10,14-15,17H,4-9,11-12H2,1-3H3. The Hall–Kier alpha value is -0.830. The molecule has 1 fully saturated rings. The molecule has 2 rings (SSSR count). The Morgan fingerprint density at radius 2 is 2.11 bits per heavy atom. The minimum absolute atomic E-state index is 0.601. The quantitative estimate of drug-likeness (QED) is 0.853. The number of rotatable bonds is 6. The van der Waals surface area contributed by atoms with Crippen LogP contribution in [0.2, 0.25) is 0 Å². The minimum Gasteiger partial charge on any atom is -0.317 e. The van der Waals surface area contributed by atoms with Crippen molar-refractivity contribution in [2.24, 2.45) is 5.92 Å². The van der Waals surface area contributed by atoms with Crippen LogP contribution in [0.15, 0.2) is 6.07 Å². The van der Waals surface area contributed by atoms with Gasteiger partial charge in [-0.2, -0.15) is 5.10 Å². The Balaban J connectivity index is 1.93. The maximum Gasteiger partial charge on any atom is 0.0596 e. The van der Waals surface area contributed by atoms with E-state index in [2.05, 4.69) is 42.1 Å². The summed E-state index contributed by atoms with van der Waals surface area (Å²) in [6.45, 7) is 5.24. The Labute approximate surface area is 117 Å². The van der Waals surface area contributed by atoms with Gasteiger partial charge >= 0.3 is 0 Å². The summed E-state index contributed by atoms with van der Waals surface area (Å²) in [5.41, 5.74) is 2.53. The summed E-state index contributed by atoms with van der Waals surface area (Å²) in [7, 11) is 2.10. The highest BCUT2D eigenvalue weighted by atomic mass is 15.3. The predicted octanol–water partition coefficient (Wildman–Crippen LogP) is 3.31. The van der Waals surface area contributed by atoms with E-state index in [4.69, 9.17) is 0 Å². The molecule has 1 aliphatic carbocycles. The number of aryl methyl sites for hydroxylation is 2. The Kier molecular flexibility index (Phi) is 5.44. The van der Waals surface area contributed by atoms with Crippen LogP contribution in [0.4, 0.5) is 0 Å². The summed E-state index contributed by atoms with van der Waals surface area (Å²) in [5, 5.41) is 8.07. The van der Waals surface area contributed by atoms with Gasteiger partial charge in [-0.15, -0.1) is 0 Å². The summed E-state index contributed by atoms with van der Waals surface area (Å²) in [5.74, 6) is 0.935. The van der Waals surface area contributed by atoms with Crippen molar-refractivity contribution in [2.45, 2.75) is 71.4 Å². The smallest absolute Gasteiger partial charge is 0.0596 e. The number of hydrogen-bond acceptors (Lipinski definition) is 2. The zero-order valence-electron chi connectivity index (χ0n) is 12.8. The molecule has 1 saturated carbocycles. The molecule has 1 unspecified atom stereocenters. The van der Waals surface area contributed by atoms with E-state index in [-0.39, 0.29) is 0 Å². The molecular formula is C16H29N3. The fraction of sp³-hybridized carbons (Fsp3) is 0.812. The monoisotopic (exact) mass is 263 g/mol. The highest BCUT2D eigenvalue weighted by molar-refractivity contribution is 5.10. The summed E-state index contributed by atoms with van der Waals surface area (Å²) >= 11 is 0. The topological polar surface area (TPSA) is 29.9 Å². The lowest BCUT2D eigenvalue weighted by molar-refractivity contribution is 0.301. The Bertz CT molecular complexity index is 377. The molecule has 1 aromatic heterocycles. The summed E-state index contributed by atoms with van der Waals surface area (Å²) in [6.07, 6.45) is 9.63. The first kappa shape index (κ1) is 14.6. The van der Waals surface area contributed by atoms with Crippen LogP contribution in [0.1, 0.15) is 56.8 Å². The zero-order chi connectivity index (χ0) is 13.7. The van der Waals surface area contributed by atoms with E-state index in [9.17, 15) is 0 Å². The third-order valence-electron chi connectivity index (χ3n) is 4.49. The first-order chi connectivity index (χ1) is 9.22. The SMILES string of the molecule is CCn1nc(C)cc1CC(CC1CCCCC1)NC. The average molecular weight is 263 g/mol. The highest BCUT2D eigenvalue weighted by Gasteiger charge is 2.19. The summed E-state index contributed by atoms with van der Waals surface area (Å²) < 4.78 is 2.15. The van der Waals surface area contributed by atoms with Crippen molar-refractivity contribution in [3.8, 4) is 0 Å². The number of aromatic nitrogens is 2. The van der Waals surface area contributed by atoms with E-state index in [1.54, 1.807) is 0 Å². The number of nitrogens with one attached hydrogen (secondary N) is 1. The van der Waals surface area contributed by atoms with Crippen LogP contribution in [0.3, 0.4) is 0 Å². The van der Waals surface area contributed by atoms with Gasteiger partial charge in [-0.3, -0.25) is 4.68 Å². The summed E-state index contributed by atoms with van der Waals surface area (Å²) in [4.78, 5) is 0. The largest absolute Gasteiger partial charge is 0.317 e. The van der Waals surface area contributed by atoms with Gasteiger partial charge in [0.05, 0.1) is 5.69 Å². The van der Waals surface area contributed by atoms with Crippen molar-refractivity contribution < 1.29 is 0 Å². The molecule has 0 saturated heterocycles. The molecule has 0 radical (unpaired) electrons. The van der Waals surface area contributed by atoms with Gasteiger partial charge in [-0.05, 0) is 39.3 Å². The van der Waals surface area contributed by atoms with Crippen LogP contribution >= 0.6 is 0 Å². The molecule has 0 aromatic carbocycles. The van der Waals surface area contributed by atoms with Crippen molar-refractivity contribution in [1.82, 2.24) is 15.1 Å². The van der Waals surface area contributed by atoms with Crippen LogP contribution in [0.5, 0.6) is 0 Å². The first-order valence-corrected chi connectivity index (χ1v) is 7.93. The van der Waals surface area contributed by atoms with Crippen LogP contribution in [0, 0.1) is 12.8 Å². The minimum atomic E-state index is 0.601. The summed E-state index contributed by atoms with van der Waals surface area (Å²) in [6, 6.07) is 2.85. The molecule has 1 aromatic rings. The van der Waals surface area contributed by atoms with E-state index >= 15 is 0 Å². The van der Waals surface area contributed by atoms with E-state index < -0.39 is 0 Å². The molecule has 0 bridgehead atoms. The Morgan fingerprint density at radius 1 is 1.37 bits per heavy atom. The zero-order valence-corrected chi connectivity index (χ0v) is 12.8. The lowest BCUT2D eigenvalue weighted by atomic mass is 9.84. The van der Waals surface area contributed by atoms with E-state index in [1.165, 1.54) is 44.2 Å². The van der Waals surface area contributed by atoms with Crippen LogP contribution in [0.25, 0.3) is 0 Å². The van der Waals surface area contributed by atoms with Gasteiger partial charge in [0.1, 0.15) is 0 Å². The van der Waals surface area contributed by atoms with Crippen LogP contribution in [-0.2, 0) is 13.0 Å². The second-order valence-electron chi connectivity index (χ2n) is 6.02. The van der Waals surface area contributed by atoms with Crippen molar-refractivity contribution in [3.05, 3.63) is 17.5 Å². The maximum absolute atomic E-state index is 4.55. The molecule has 108 valence electrons. The molecular weight excluding hydrogens is 234 g/mol.